The van der Waals surface area contributed by atoms with Crippen LogP contribution in [0.5, 0.6) is 0 Å². The Morgan fingerprint density at radius 3 is 2.71 bits per heavy atom. The summed E-state index contributed by atoms with van der Waals surface area (Å²) in [4.78, 5) is 42.0. The molecule has 0 aliphatic carbocycles. The van der Waals surface area contributed by atoms with Crippen LogP contribution in [0.1, 0.15) is 37.7 Å². The van der Waals surface area contributed by atoms with Gasteiger partial charge in [-0.15, -0.1) is 0 Å². The molecule has 28 heavy (non-hydrogen) atoms. The topological polar surface area (TPSA) is 131 Å². The second kappa shape index (κ2) is 11.1. The molecule has 0 radical (unpaired) electrons. The summed E-state index contributed by atoms with van der Waals surface area (Å²) < 4.78 is 0. The number of benzene rings is 1. The average Bonchev–Trinajstić information content (AvgIpc) is 3.19. The highest BCUT2D eigenvalue weighted by Crippen LogP contribution is 2.19. The second-order valence-corrected chi connectivity index (χ2v) is 6.93. The molecule has 1 fully saturated rings. The molecule has 1 aromatic rings. The van der Waals surface area contributed by atoms with Crippen molar-refractivity contribution in [2.75, 3.05) is 13.1 Å². The Balaban J connectivity index is 1.84. The number of aldehydes is 1. The van der Waals surface area contributed by atoms with Gasteiger partial charge in [0.25, 0.3) is 0 Å². The van der Waals surface area contributed by atoms with E-state index in [0.717, 1.165) is 12.0 Å². The van der Waals surface area contributed by atoms with Crippen molar-refractivity contribution in [3.63, 3.8) is 0 Å². The number of likely N-dealkylation sites (tertiary alicyclic amines) is 1. The minimum Gasteiger partial charge on any atom is -0.370 e. The van der Waals surface area contributed by atoms with Gasteiger partial charge < -0.3 is 26.5 Å². The van der Waals surface area contributed by atoms with Crippen molar-refractivity contribution < 1.29 is 14.4 Å². The van der Waals surface area contributed by atoms with Crippen molar-refractivity contribution in [1.82, 2.24) is 10.2 Å². The lowest BCUT2D eigenvalue weighted by atomic mass is 10.1. The molecule has 1 aromatic carbocycles. The molecule has 8 nitrogen and oxygen atoms in total. The van der Waals surface area contributed by atoms with Gasteiger partial charge in [-0.3, -0.25) is 14.6 Å². The van der Waals surface area contributed by atoms with Crippen molar-refractivity contribution in [1.29, 1.82) is 0 Å². The summed E-state index contributed by atoms with van der Waals surface area (Å²) in [6.07, 6.45) is 4.14. The molecule has 1 unspecified atom stereocenters. The number of nitrogens with one attached hydrogen (secondary N) is 1. The minimum atomic E-state index is -0.608. The number of carbonyl (C=O) groups is 3. The number of nitrogens with zero attached hydrogens (tertiary/aromatic N) is 2. The first-order valence-electron chi connectivity index (χ1n) is 9.65. The molecule has 0 spiro atoms. The van der Waals surface area contributed by atoms with E-state index in [9.17, 15) is 14.4 Å². The fraction of sp³-hybridized carbons (Fsp3) is 0.500. The van der Waals surface area contributed by atoms with Gasteiger partial charge in [0, 0.05) is 19.5 Å². The molecule has 0 saturated carbocycles. The zero-order chi connectivity index (χ0) is 20.4. The van der Waals surface area contributed by atoms with E-state index in [1.165, 1.54) is 0 Å². The summed E-state index contributed by atoms with van der Waals surface area (Å²) in [5, 5.41) is 2.74. The van der Waals surface area contributed by atoms with Gasteiger partial charge in [-0.05, 0) is 37.7 Å². The molecular weight excluding hydrogens is 358 g/mol. The molecule has 1 saturated heterocycles. The Kier molecular flexibility index (Phi) is 8.45. The number of hydrogen-bond acceptors (Lipinski definition) is 4. The summed E-state index contributed by atoms with van der Waals surface area (Å²) in [7, 11) is 0. The molecule has 1 aliphatic rings. The van der Waals surface area contributed by atoms with Crippen LogP contribution >= 0.6 is 0 Å². The van der Waals surface area contributed by atoms with Gasteiger partial charge in [0.05, 0.1) is 6.04 Å². The Labute approximate surface area is 165 Å². The van der Waals surface area contributed by atoms with Crippen molar-refractivity contribution in [2.24, 2.45) is 16.5 Å². The van der Waals surface area contributed by atoms with Crippen LogP contribution in [-0.2, 0) is 20.8 Å². The van der Waals surface area contributed by atoms with E-state index in [1.54, 1.807) is 4.90 Å². The first-order valence-corrected chi connectivity index (χ1v) is 9.65. The summed E-state index contributed by atoms with van der Waals surface area (Å²) in [5.41, 5.74) is 11.6. The van der Waals surface area contributed by atoms with E-state index >= 15 is 0 Å². The zero-order valence-corrected chi connectivity index (χ0v) is 16.0. The minimum absolute atomic E-state index is 0.00213. The molecule has 5 N–H and O–H groups in total. The number of carbonyl (C=O) groups excluding carboxylic acids is 3. The third kappa shape index (κ3) is 6.68. The van der Waals surface area contributed by atoms with Gasteiger partial charge in [-0.1, -0.05) is 30.3 Å². The summed E-state index contributed by atoms with van der Waals surface area (Å²) >= 11 is 0. The Bertz CT molecular complexity index is 688. The summed E-state index contributed by atoms with van der Waals surface area (Å²) in [6, 6.07) is 8.67. The summed E-state index contributed by atoms with van der Waals surface area (Å²) in [5.74, 6) is -0.302. The van der Waals surface area contributed by atoms with Crippen LogP contribution in [0.2, 0.25) is 0 Å². The van der Waals surface area contributed by atoms with E-state index in [1.807, 2.05) is 30.3 Å². The van der Waals surface area contributed by atoms with Gasteiger partial charge in [-0.25, -0.2) is 0 Å². The number of aliphatic imine (C=N–C) groups is 1. The molecule has 2 atom stereocenters. The highest BCUT2D eigenvalue weighted by molar-refractivity contribution is 5.89. The molecule has 0 aromatic heterocycles. The third-order valence-corrected chi connectivity index (χ3v) is 4.81. The van der Waals surface area contributed by atoms with Crippen LogP contribution in [0.4, 0.5) is 0 Å². The van der Waals surface area contributed by atoms with E-state index < -0.39 is 12.1 Å². The number of hydrogen-bond donors (Lipinski definition) is 3. The predicted octanol–water partition coefficient (Wildman–Crippen LogP) is 0.348. The monoisotopic (exact) mass is 387 g/mol. The SMILES string of the molecule is NC(N)=NCCCC(C=O)NC(=O)[C@@H]1CCCN1C(=O)CCc1ccccc1. The van der Waals surface area contributed by atoms with Gasteiger partial charge in [0.2, 0.25) is 11.8 Å². The number of aryl methyl sites for hydroxylation is 1. The van der Waals surface area contributed by atoms with Gasteiger partial charge in [0.15, 0.2) is 5.96 Å². The maximum Gasteiger partial charge on any atom is 0.243 e. The molecule has 1 heterocycles. The third-order valence-electron chi connectivity index (χ3n) is 4.81. The zero-order valence-electron chi connectivity index (χ0n) is 16.0. The number of rotatable bonds is 10. The lowest BCUT2D eigenvalue weighted by Gasteiger charge is -2.25. The fourth-order valence-electron chi connectivity index (χ4n) is 3.35. The quantitative estimate of drug-likeness (QED) is 0.231. The lowest BCUT2D eigenvalue weighted by Crippen LogP contribution is -2.49. The van der Waals surface area contributed by atoms with Crippen LogP contribution in [0, 0.1) is 0 Å². The number of guanidine groups is 1. The van der Waals surface area contributed by atoms with Crippen molar-refractivity contribution in [3.8, 4) is 0 Å². The molecule has 0 bridgehead atoms. The van der Waals surface area contributed by atoms with Crippen molar-refractivity contribution in [3.05, 3.63) is 35.9 Å². The molecule has 8 heteroatoms. The van der Waals surface area contributed by atoms with Crippen LogP contribution < -0.4 is 16.8 Å². The maximum absolute atomic E-state index is 12.6. The first-order chi connectivity index (χ1) is 13.5. The molecule has 152 valence electrons. The highest BCUT2D eigenvalue weighted by atomic mass is 16.2. The molecule has 1 aliphatic heterocycles. The Morgan fingerprint density at radius 2 is 2.04 bits per heavy atom. The fourth-order valence-corrected chi connectivity index (χ4v) is 3.35. The second-order valence-electron chi connectivity index (χ2n) is 6.93. The average molecular weight is 387 g/mol. The largest absolute Gasteiger partial charge is 0.370 e. The van der Waals surface area contributed by atoms with Gasteiger partial charge >= 0.3 is 0 Å². The van der Waals surface area contributed by atoms with E-state index in [0.29, 0.717) is 51.5 Å². The van der Waals surface area contributed by atoms with Crippen LogP contribution in [0.15, 0.2) is 35.3 Å². The molecule has 2 rings (SSSR count). The normalized spacial score (nSPS) is 17.0. The van der Waals surface area contributed by atoms with E-state index in [4.69, 9.17) is 11.5 Å². The standard InChI is InChI=1S/C20H29N5O3/c21-20(22)23-12-4-8-16(14-26)24-19(28)17-9-5-13-25(17)18(27)11-10-15-6-2-1-3-7-15/h1-3,6-7,14,16-17H,4-5,8-13H2,(H,24,28)(H4,21,22,23)/t16?,17-/m0/s1. The first kappa shape index (κ1) is 21.4. The van der Waals surface area contributed by atoms with Gasteiger partial charge in [-0.2, -0.15) is 0 Å². The van der Waals surface area contributed by atoms with Crippen molar-refractivity contribution in [2.45, 2.75) is 50.6 Å². The number of nitrogens with two attached hydrogens (primary N) is 2. The highest BCUT2D eigenvalue weighted by Gasteiger charge is 2.34. The van der Waals surface area contributed by atoms with Gasteiger partial charge in [0.1, 0.15) is 12.3 Å². The number of amides is 2. The smallest absolute Gasteiger partial charge is 0.243 e. The predicted molar refractivity (Wildman–Crippen MR) is 107 cm³/mol. The summed E-state index contributed by atoms with van der Waals surface area (Å²) in [6.45, 7) is 0.970. The van der Waals surface area contributed by atoms with Crippen molar-refractivity contribution >= 4 is 24.1 Å². The Hall–Kier alpha value is -2.90. The van der Waals surface area contributed by atoms with E-state index in [2.05, 4.69) is 10.3 Å². The van der Waals surface area contributed by atoms with Crippen LogP contribution in [-0.4, -0.2) is 54.1 Å². The maximum atomic E-state index is 12.6. The molecular formula is C20H29N5O3. The molecule has 2 amide bonds. The Morgan fingerprint density at radius 1 is 1.29 bits per heavy atom. The lowest BCUT2D eigenvalue weighted by molar-refractivity contribution is -0.139. The van der Waals surface area contributed by atoms with Crippen LogP contribution in [0.3, 0.4) is 0 Å². The van der Waals surface area contributed by atoms with Crippen LogP contribution in [0.25, 0.3) is 0 Å². The van der Waals surface area contributed by atoms with E-state index in [-0.39, 0.29) is 17.8 Å².